The first-order chi connectivity index (χ1) is 10.8. The monoisotopic (exact) mass is 305 g/mol. The van der Waals surface area contributed by atoms with Crippen molar-refractivity contribution in [1.29, 1.82) is 0 Å². The normalized spacial score (nSPS) is 36.4. The molecule has 1 amide bonds. The maximum Gasteiger partial charge on any atom is 0.230 e. The third kappa shape index (κ3) is 2.80. The Morgan fingerprint density at radius 1 is 1.14 bits per heavy atom. The smallest absolute Gasteiger partial charge is 0.230 e. The maximum absolute atomic E-state index is 13.2. The van der Waals surface area contributed by atoms with E-state index in [4.69, 9.17) is 0 Å². The number of likely N-dealkylation sites (tertiary alicyclic amines) is 1. The number of piperidine rings is 1. The van der Waals surface area contributed by atoms with Crippen LogP contribution in [0.2, 0.25) is 0 Å². The molecule has 4 nitrogen and oxygen atoms in total. The average Bonchev–Trinajstić information content (AvgIpc) is 3.29. The van der Waals surface area contributed by atoms with Crippen LogP contribution in [0.15, 0.2) is 0 Å². The lowest BCUT2D eigenvalue weighted by Crippen LogP contribution is -2.53. The highest BCUT2D eigenvalue weighted by atomic mass is 16.2. The molecule has 2 aliphatic carbocycles. The molecule has 2 saturated carbocycles. The molecule has 0 aromatic rings. The topological polar surface area (TPSA) is 44.4 Å². The first-order valence-corrected chi connectivity index (χ1v) is 9.51. The Bertz CT molecular complexity index is 415. The van der Waals surface area contributed by atoms with E-state index in [1.54, 1.807) is 0 Å². The molecule has 0 aromatic carbocycles. The minimum absolute atomic E-state index is 0.0491. The van der Waals surface area contributed by atoms with E-state index < -0.39 is 0 Å². The fourth-order valence-corrected chi connectivity index (χ4v) is 4.93. The molecular weight excluding hydrogens is 274 g/mol. The van der Waals surface area contributed by atoms with Gasteiger partial charge in [-0.05, 0) is 63.5 Å². The number of fused-ring (bicyclic) bond motifs is 1. The molecule has 0 aromatic heterocycles. The van der Waals surface area contributed by atoms with Gasteiger partial charge in [0.1, 0.15) is 0 Å². The van der Waals surface area contributed by atoms with Gasteiger partial charge in [0.15, 0.2) is 0 Å². The molecule has 4 aliphatic rings. The molecule has 124 valence electrons. The van der Waals surface area contributed by atoms with E-state index in [1.807, 2.05) is 0 Å². The molecule has 0 radical (unpaired) electrons. The lowest BCUT2D eigenvalue weighted by atomic mass is 9.67. The minimum atomic E-state index is -0.0491. The van der Waals surface area contributed by atoms with Crippen molar-refractivity contribution in [2.45, 2.75) is 57.4 Å². The van der Waals surface area contributed by atoms with Gasteiger partial charge in [-0.25, -0.2) is 0 Å². The highest BCUT2D eigenvalue weighted by Crippen LogP contribution is 2.45. The van der Waals surface area contributed by atoms with Crippen molar-refractivity contribution in [3.63, 3.8) is 0 Å². The van der Waals surface area contributed by atoms with Crippen LogP contribution in [0.4, 0.5) is 0 Å². The summed E-state index contributed by atoms with van der Waals surface area (Å²) in [4.78, 5) is 15.4. The van der Waals surface area contributed by atoms with Gasteiger partial charge in [0.2, 0.25) is 5.91 Å². The standard InChI is InChI=1S/C18H31N3O/c22-17(18-8-2-1-3-15(18)12-19-13-18)21-9-6-16(7-10-21)20-11-14-4-5-14/h14-16,19-20H,1-13H2/t15-,18+/m0/s1. The number of nitrogens with one attached hydrogen (secondary N) is 2. The van der Waals surface area contributed by atoms with Crippen molar-refractivity contribution in [2.75, 3.05) is 32.7 Å². The van der Waals surface area contributed by atoms with Crippen molar-refractivity contribution < 1.29 is 4.79 Å². The van der Waals surface area contributed by atoms with Crippen molar-refractivity contribution in [1.82, 2.24) is 15.5 Å². The SMILES string of the molecule is O=C(N1CCC(NCC2CC2)CC1)[C@@]12CCCC[C@H]1CNC2. The fraction of sp³-hybridized carbons (Fsp3) is 0.944. The van der Waals surface area contributed by atoms with Gasteiger partial charge in [-0.2, -0.15) is 0 Å². The Balaban J connectivity index is 1.33. The van der Waals surface area contributed by atoms with Crippen LogP contribution in [0, 0.1) is 17.3 Å². The van der Waals surface area contributed by atoms with Crippen LogP contribution in [0.25, 0.3) is 0 Å². The van der Waals surface area contributed by atoms with Gasteiger partial charge in [-0.1, -0.05) is 12.8 Å². The summed E-state index contributed by atoms with van der Waals surface area (Å²) in [5, 5.41) is 7.23. The van der Waals surface area contributed by atoms with E-state index in [1.165, 1.54) is 38.6 Å². The largest absolute Gasteiger partial charge is 0.342 e. The predicted octanol–water partition coefficient (Wildman–Crippen LogP) is 1.76. The molecule has 4 fully saturated rings. The van der Waals surface area contributed by atoms with Crippen LogP contribution in [-0.4, -0.2) is 49.6 Å². The van der Waals surface area contributed by atoms with Gasteiger partial charge in [-0.15, -0.1) is 0 Å². The molecule has 4 heteroatoms. The molecule has 0 bridgehead atoms. The second kappa shape index (κ2) is 6.12. The Kier molecular flexibility index (Phi) is 4.16. The molecular formula is C18H31N3O. The molecule has 0 spiro atoms. The zero-order chi connectivity index (χ0) is 15.0. The average molecular weight is 305 g/mol. The van der Waals surface area contributed by atoms with Crippen LogP contribution < -0.4 is 10.6 Å². The van der Waals surface area contributed by atoms with E-state index in [-0.39, 0.29) is 5.41 Å². The Morgan fingerprint density at radius 2 is 1.95 bits per heavy atom. The minimum Gasteiger partial charge on any atom is -0.342 e. The molecule has 2 heterocycles. The Hall–Kier alpha value is -0.610. The third-order valence-corrected chi connectivity index (χ3v) is 6.64. The molecule has 2 aliphatic heterocycles. The molecule has 22 heavy (non-hydrogen) atoms. The summed E-state index contributed by atoms with van der Waals surface area (Å²) in [5.41, 5.74) is -0.0491. The number of amides is 1. The molecule has 2 atom stereocenters. The summed E-state index contributed by atoms with van der Waals surface area (Å²) >= 11 is 0. The van der Waals surface area contributed by atoms with Gasteiger partial charge >= 0.3 is 0 Å². The molecule has 2 saturated heterocycles. The van der Waals surface area contributed by atoms with Crippen LogP contribution in [0.5, 0.6) is 0 Å². The fourth-order valence-electron chi connectivity index (χ4n) is 4.93. The number of carbonyl (C=O) groups excluding carboxylic acids is 1. The molecule has 2 N–H and O–H groups in total. The zero-order valence-corrected chi connectivity index (χ0v) is 13.8. The van der Waals surface area contributed by atoms with E-state index in [9.17, 15) is 4.79 Å². The highest BCUT2D eigenvalue weighted by Gasteiger charge is 2.51. The summed E-state index contributed by atoms with van der Waals surface area (Å²) < 4.78 is 0. The van der Waals surface area contributed by atoms with E-state index in [0.29, 0.717) is 17.9 Å². The second-order valence-electron chi connectivity index (χ2n) is 8.15. The highest BCUT2D eigenvalue weighted by molar-refractivity contribution is 5.84. The number of hydrogen-bond donors (Lipinski definition) is 2. The van der Waals surface area contributed by atoms with E-state index >= 15 is 0 Å². The first-order valence-electron chi connectivity index (χ1n) is 9.51. The lowest BCUT2D eigenvalue weighted by molar-refractivity contribution is -0.146. The van der Waals surface area contributed by atoms with E-state index in [0.717, 1.165) is 51.4 Å². The summed E-state index contributed by atoms with van der Waals surface area (Å²) in [5.74, 6) is 2.02. The summed E-state index contributed by atoms with van der Waals surface area (Å²) in [6.07, 6.45) is 10.0. The number of hydrogen-bond acceptors (Lipinski definition) is 3. The van der Waals surface area contributed by atoms with Gasteiger partial charge in [-0.3, -0.25) is 4.79 Å². The summed E-state index contributed by atoms with van der Waals surface area (Å²) in [6, 6.07) is 0.644. The summed E-state index contributed by atoms with van der Waals surface area (Å²) in [6.45, 7) is 5.13. The third-order valence-electron chi connectivity index (χ3n) is 6.64. The quantitative estimate of drug-likeness (QED) is 0.832. The van der Waals surface area contributed by atoms with E-state index in [2.05, 4.69) is 15.5 Å². The van der Waals surface area contributed by atoms with Gasteiger partial charge in [0.25, 0.3) is 0 Å². The van der Waals surface area contributed by atoms with Crippen LogP contribution >= 0.6 is 0 Å². The van der Waals surface area contributed by atoms with Crippen LogP contribution in [0.1, 0.15) is 51.4 Å². The van der Waals surface area contributed by atoms with Crippen LogP contribution in [0.3, 0.4) is 0 Å². The molecule has 0 unspecified atom stereocenters. The Morgan fingerprint density at radius 3 is 2.73 bits per heavy atom. The maximum atomic E-state index is 13.2. The van der Waals surface area contributed by atoms with Gasteiger partial charge in [0.05, 0.1) is 5.41 Å². The van der Waals surface area contributed by atoms with Crippen molar-refractivity contribution >= 4 is 5.91 Å². The van der Waals surface area contributed by atoms with Crippen molar-refractivity contribution in [3.8, 4) is 0 Å². The second-order valence-corrected chi connectivity index (χ2v) is 8.15. The number of nitrogens with zero attached hydrogens (tertiary/aromatic N) is 1. The number of rotatable bonds is 4. The van der Waals surface area contributed by atoms with Gasteiger partial charge in [0, 0.05) is 25.7 Å². The summed E-state index contributed by atoms with van der Waals surface area (Å²) in [7, 11) is 0. The van der Waals surface area contributed by atoms with Crippen LogP contribution in [-0.2, 0) is 4.79 Å². The molecule has 4 rings (SSSR count). The van der Waals surface area contributed by atoms with Crippen molar-refractivity contribution in [3.05, 3.63) is 0 Å². The zero-order valence-electron chi connectivity index (χ0n) is 13.8. The first kappa shape index (κ1) is 14.9. The Labute approximate surface area is 134 Å². The lowest BCUT2D eigenvalue weighted by Gasteiger charge is -2.43. The number of carbonyl (C=O) groups is 1. The predicted molar refractivity (Wildman–Crippen MR) is 87.6 cm³/mol. The van der Waals surface area contributed by atoms with Gasteiger partial charge < -0.3 is 15.5 Å². The van der Waals surface area contributed by atoms with Crippen molar-refractivity contribution in [2.24, 2.45) is 17.3 Å².